The van der Waals surface area contributed by atoms with Gasteiger partial charge in [0.05, 0.1) is 14.2 Å². The number of hydrogen-bond acceptors (Lipinski definition) is 4. The molecule has 1 aromatic carbocycles. The van der Waals surface area contributed by atoms with E-state index in [1.165, 1.54) is 25.2 Å². The third-order valence-corrected chi connectivity index (χ3v) is 2.49. The molecule has 0 radical (unpaired) electrons. The Balaban J connectivity index is 3.31. The lowest BCUT2D eigenvalue weighted by atomic mass is 10.1. The number of benzene rings is 1. The van der Waals surface area contributed by atoms with Crippen LogP contribution in [0.1, 0.15) is 5.56 Å². The molecule has 0 bridgehead atoms. The van der Waals surface area contributed by atoms with Gasteiger partial charge in [-0.25, -0.2) is 0 Å². The normalized spacial score (nSPS) is 10.6. The number of likely N-dealkylation sites (N-methyl/N-ethyl adjacent to an activating group) is 1. The van der Waals surface area contributed by atoms with E-state index in [0.717, 1.165) is 0 Å². The molecule has 0 aliphatic rings. The molecule has 5 heteroatoms. The molecule has 19 heavy (non-hydrogen) atoms. The Hall–Kier alpha value is -2.48. The number of amides is 1. The van der Waals surface area contributed by atoms with Crippen LogP contribution in [0, 0.1) is 11.3 Å². The zero-order valence-corrected chi connectivity index (χ0v) is 11.4. The molecule has 0 aliphatic carbocycles. The van der Waals surface area contributed by atoms with Gasteiger partial charge in [-0.2, -0.15) is 5.26 Å². The topological polar surface area (TPSA) is 62.6 Å². The monoisotopic (exact) mass is 260 g/mol. The molecule has 1 aromatic rings. The Morgan fingerprint density at radius 1 is 1.32 bits per heavy atom. The van der Waals surface area contributed by atoms with Gasteiger partial charge < -0.3 is 14.4 Å². The number of rotatable bonds is 4. The van der Waals surface area contributed by atoms with Crippen LogP contribution in [0.2, 0.25) is 0 Å². The summed E-state index contributed by atoms with van der Waals surface area (Å²) in [5, 5.41) is 9.06. The highest BCUT2D eigenvalue weighted by Crippen LogP contribution is 2.32. The second kappa shape index (κ2) is 6.45. The maximum absolute atomic E-state index is 11.8. The Kier molecular flexibility index (Phi) is 4.95. The lowest BCUT2D eigenvalue weighted by Crippen LogP contribution is -2.22. The molecule has 0 fully saturated rings. The summed E-state index contributed by atoms with van der Waals surface area (Å²) in [6.45, 7) is 0. The summed E-state index contributed by atoms with van der Waals surface area (Å²) >= 11 is 0. The number of para-hydroxylation sites is 1. The van der Waals surface area contributed by atoms with Gasteiger partial charge in [0.15, 0.2) is 11.5 Å². The third kappa shape index (κ3) is 3.26. The SMILES string of the molecule is COc1cccc(/C=C(/C#N)C(=O)N(C)C)c1OC. The van der Waals surface area contributed by atoms with Gasteiger partial charge in [0.2, 0.25) is 0 Å². The molecule has 0 aromatic heterocycles. The fourth-order valence-corrected chi connectivity index (χ4v) is 1.56. The van der Waals surface area contributed by atoms with Crippen molar-refractivity contribution in [1.82, 2.24) is 4.90 Å². The van der Waals surface area contributed by atoms with Gasteiger partial charge in [-0.3, -0.25) is 4.79 Å². The molecule has 1 rings (SSSR count). The van der Waals surface area contributed by atoms with E-state index in [0.29, 0.717) is 17.1 Å². The zero-order valence-electron chi connectivity index (χ0n) is 11.4. The number of ether oxygens (including phenoxy) is 2. The fourth-order valence-electron chi connectivity index (χ4n) is 1.56. The maximum Gasteiger partial charge on any atom is 0.264 e. The van der Waals surface area contributed by atoms with Crippen molar-refractivity contribution in [3.8, 4) is 17.6 Å². The Bertz CT molecular complexity index is 542. The van der Waals surface area contributed by atoms with Gasteiger partial charge in [-0.15, -0.1) is 0 Å². The summed E-state index contributed by atoms with van der Waals surface area (Å²) < 4.78 is 10.4. The summed E-state index contributed by atoms with van der Waals surface area (Å²) in [7, 11) is 6.23. The molecule has 0 unspecified atom stereocenters. The standard InChI is InChI=1S/C14H16N2O3/c1-16(2)14(17)11(9-15)8-10-6-5-7-12(18-3)13(10)19-4/h5-8H,1-4H3/b11-8-. The summed E-state index contributed by atoms with van der Waals surface area (Å²) in [6.07, 6.45) is 1.49. The first-order valence-electron chi connectivity index (χ1n) is 5.59. The van der Waals surface area contributed by atoms with E-state index in [1.807, 2.05) is 6.07 Å². The molecule has 0 heterocycles. The van der Waals surface area contributed by atoms with Crippen molar-refractivity contribution in [3.63, 3.8) is 0 Å². The summed E-state index contributed by atoms with van der Waals surface area (Å²) in [5.74, 6) is 0.683. The molecule has 0 saturated carbocycles. The van der Waals surface area contributed by atoms with E-state index in [1.54, 1.807) is 32.3 Å². The van der Waals surface area contributed by atoms with Crippen molar-refractivity contribution in [2.45, 2.75) is 0 Å². The molecular weight excluding hydrogens is 244 g/mol. The Morgan fingerprint density at radius 3 is 2.47 bits per heavy atom. The quantitative estimate of drug-likeness (QED) is 0.610. The second-order valence-electron chi connectivity index (χ2n) is 3.95. The lowest BCUT2D eigenvalue weighted by Gasteiger charge is -2.12. The minimum atomic E-state index is -0.354. The van der Waals surface area contributed by atoms with Gasteiger partial charge in [0, 0.05) is 19.7 Å². The fraction of sp³-hybridized carbons (Fsp3) is 0.286. The van der Waals surface area contributed by atoms with Gasteiger partial charge in [0.25, 0.3) is 5.91 Å². The van der Waals surface area contributed by atoms with Crippen molar-refractivity contribution in [2.24, 2.45) is 0 Å². The number of carbonyl (C=O) groups excluding carboxylic acids is 1. The predicted octanol–water partition coefficient (Wildman–Crippen LogP) is 1.70. The van der Waals surface area contributed by atoms with Crippen LogP contribution in [0.3, 0.4) is 0 Å². The van der Waals surface area contributed by atoms with Crippen LogP contribution < -0.4 is 9.47 Å². The molecule has 1 amide bonds. The first-order chi connectivity index (χ1) is 9.04. The first-order valence-corrected chi connectivity index (χ1v) is 5.59. The van der Waals surface area contributed by atoms with Crippen LogP contribution in [0.5, 0.6) is 11.5 Å². The minimum Gasteiger partial charge on any atom is -0.493 e. The van der Waals surface area contributed by atoms with E-state index < -0.39 is 0 Å². The predicted molar refractivity (Wildman–Crippen MR) is 71.8 cm³/mol. The maximum atomic E-state index is 11.8. The van der Waals surface area contributed by atoms with Crippen LogP contribution in [0.15, 0.2) is 23.8 Å². The molecule has 100 valence electrons. The Labute approximate surface area is 112 Å². The van der Waals surface area contributed by atoms with Crippen LogP contribution >= 0.6 is 0 Å². The number of nitrogens with zero attached hydrogens (tertiary/aromatic N) is 2. The van der Waals surface area contributed by atoms with Crippen LogP contribution in [-0.2, 0) is 4.79 Å². The average Bonchev–Trinajstić information content (AvgIpc) is 2.43. The molecule has 0 aliphatic heterocycles. The largest absolute Gasteiger partial charge is 0.493 e. The van der Waals surface area contributed by atoms with Crippen LogP contribution in [0.25, 0.3) is 6.08 Å². The van der Waals surface area contributed by atoms with Crippen molar-refractivity contribution in [3.05, 3.63) is 29.3 Å². The molecule has 0 saturated heterocycles. The van der Waals surface area contributed by atoms with E-state index in [-0.39, 0.29) is 11.5 Å². The van der Waals surface area contributed by atoms with Gasteiger partial charge in [0.1, 0.15) is 11.6 Å². The average molecular weight is 260 g/mol. The third-order valence-electron chi connectivity index (χ3n) is 2.49. The van der Waals surface area contributed by atoms with Gasteiger partial charge in [-0.1, -0.05) is 12.1 Å². The lowest BCUT2D eigenvalue weighted by molar-refractivity contribution is -0.124. The first kappa shape index (κ1) is 14.6. The van der Waals surface area contributed by atoms with Crippen LogP contribution in [0.4, 0.5) is 0 Å². The van der Waals surface area contributed by atoms with E-state index in [9.17, 15) is 4.79 Å². The Morgan fingerprint density at radius 2 is 2.00 bits per heavy atom. The number of carbonyl (C=O) groups is 1. The van der Waals surface area contributed by atoms with E-state index >= 15 is 0 Å². The number of nitriles is 1. The minimum absolute atomic E-state index is 0.0385. The van der Waals surface area contributed by atoms with E-state index in [2.05, 4.69) is 0 Å². The molecular formula is C14H16N2O3. The number of hydrogen-bond donors (Lipinski definition) is 0. The molecule has 0 atom stereocenters. The molecule has 0 spiro atoms. The summed E-state index contributed by atoms with van der Waals surface area (Å²) in [6, 6.07) is 7.16. The molecule has 5 nitrogen and oxygen atoms in total. The van der Waals surface area contributed by atoms with Crippen molar-refractivity contribution in [1.29, 1.82) is 5.26 Å². The van der Waals surface area contributed by atoms with Gasteiger partial charge in [-0.05, 0) is 12.1 Å². The van der Waals surface area contributed by atoms with Crippen molar-refractivity contribution >= 4 is 12.0 Å². The highest BCUT2D eigenvalue weighted by atomic mass is 16.5. The smallest absolute Gasteiger partial charge is 0.264 e. The molecule has 0 N–H and O–H groups in total. The summed E-state index contributed by atoms with van der Waals surface area (Å²) in [4.78, 5) is 13.1. The summed E-state index contributed by atoms with van der Waals surface area (Å²) in [5.41, 5.74) is 0.658. The zero-order chi connectivity index (χ0) is 14.4. The highest BCUT2D eigenvalue weighted by Gasteiger charge is 2.14. The van der Waals surface area contributed by atoms with Gasteiger partial charge >= 0.3 is 0 Å². The second-order valence-corrected chi connectivity index (χ2v) is 3.95. The highest BCUT2D eigenvalue weighted by molar-refractivity contribution is 6.01. The van der Waals surface area contributed by atoms with Crippen LogP contribution in [-0.4, -0.2) is 39.1 Å². The van der Waals surface area contributed by atoms with E-state index in [4.69, 9.17) is 14.7 Å². The van der Waals surface area contributed by atoms with Crippen molar-refractivity contribution in [2.75, 3.05) is 28.3 Å². The van der Waals surface area contributed by atoms with Crippen molar-refractivity contribution < 1.29 is 14.3 Å². The number of methoxy groups -OCH3 is 2.